The summed E-state index contributed by atoms with van der Waals surface area (Å²) in [7, 11) is 0. The first-order chi connectivity index (χ1) is 16.6. The standard InChI is InChI=1S/C23H20N8O3/c1-2-33-22(32)16-7-20(34-29-16)18-13-30-19(3-6-26-30)21(28-18)15-10-27-31(12-15)23(4-5-24)8-14(9-23)17-11-25-17/h3,6-7,10,12-14H,2,4,8-9,11H2,1H3. The molecule has 0 amide bonds. The lowest BCUT2D eigenvalue weighted by molar-refractivity contribution is 0.0514. The molecule has 4 aromatic heterocycles. The largest absolute Gasteiger partial charge is 0.461 e. The van der Waals surface area contributed by atoms with Crippen molar-refractivity contribution in [1.29, 1.82) is 5.26 Å². The first-order valence-electron chi connectivity index (χ1n) is 11.0. The van der Waals surface area contributed by atoms with Crippen molar-refractivity contribution in [3.63, 3.8) is 0 Å². The van der Waals surface area contributed by atoms with Gasteiger partial charge in [0, 0.05) is 29.5 Å². The molecule has 34 heavy (non-hydrogen) atoms. The maximum atomic E-state index is 12.0. The van der Waals surface area contributed by atoms with Crippen molar-refractivity contribution in [2.75, 3.05) is 13.2 Å². The van der Waals surface area contributed by atoms with Crippen molar-refractivity contribution >= 4 is 17.2 Å². The normalized spacial score (nSPS) is 21.1. The Morgan fingerprint density at radius 1 is 1.35 bits per heavy atom. The third kappa shape index (κ3) is 3.26. The molecule has 2 aliphatic rings. The Labute approximate surface area is 193 Å². The molecule has 1 aliphatic carbocycles. The molecule has 0 aromatic carbocycles. The van der Waals surface area contributed by atoms with Gasteiger partial charge >= 0.3 is 5.97 Å². The van der Waals surface area contributed by atoms with Crippen LogP contribution in [0.2, 0.25) is 0 Å². The number of hydrogen-bond acceptors (Lipinski definition) is 9. The number of carbonyl (C=O) groups is 1. The Bertz CT molecular complexity index is 1480. The second-order valence-corrected chi connectivity index (χ2v) is 8.58. The van der Waals surface area contributed by atoms with Crippen LogP contribution >= 0.6 is 0 Å². The molecule has 170 valence electrons. The summed E-state index contributed by atoms with van der Waals surface area (Å²) < 4.78 is 13.9. The molecule has 11 heteroatoms. The highest BCUT2D eigenvalue weighted by Crippen LogP contribution is 2.48. The van der Waals surface area contributed by atoms with Crippen LogP contribution in [-0.4, -0.2) is 54.4 Å². The third-order valence-corrected chi connectivity index (χ3v) is 6.45. The molecule has 0 atom stereocenters. The van der Waals surface area contributed by atoms with E-state index >= 15 is 0 Å². The molecule has 1 saturated carbocycles. The zero-order valence-electron chi connectivity index (χ0n) is 18.4. The number of ether oxygens (including phenoxy) is 1. The van der Waals surface area contributed by atoms with E-state index in [1.165, 1.54) is 11.8 Å². The number of carbonyl (C=O) groups excluding carboxylic acids is 1. The lowest BCUT2D eigenvalue weighted by Gasteiger charge is -2.45. The van der Waals surface area contributed by atoms with E-state index in [2.05, 4.69) is 26.4 Å². The quantitative estimate of drug-likeness (QED) is 0.387. The van der Waals surface area contributed by atoms with Gasteiger partial charge in [-0.25, -0.2) is 14.3 Å². The molecule has 1 aliphatic heterocycles. The number of fused-ring (bicyclic) bond motifs is 1. The molecular weight excluding hydrogens is 436 g/mol. The van der Waals surface area contributed by atoms with E-state index < -0.39 is 5.97 Å². The number of aromatic nitrogens is 6. The zero-order valence-corrected chi connectivity index (χ0v) is 18.4. The van der Waals surface area contributed by atoms with Crippen molar-refractivity contribution in [1.82, 2.24) is 29.5 Å². The number of nitrogens with zero attached hydrogens (tertiary/aromatic N) is 8. The van der Waals surface area contributed by atoms with E-state index in [0.717, 1.165) is 30.5 Å². The second kappa shape index (κ2) is 7.62. The zero-order chi connectivity index (χ0) is 23.3. The van der Waals surface area contributed by atoms with Gasteiger partial charge in [-0.05, 0) is 25.8 Å². The van der Waals surface area contributed by atoms with Crippen molar-refractivity contribution in [2.45, 2.75) is 31.7 Å². The maximum absolute atomic E-state index is 12.0. The molecule has 0 radical (unpaired) electrons. The summed E-state index contributed by atoms with van der Waals surface area (Å²) in [6.07, 6.45) is 9.21. The summed E-state index contributed by atoms with van der Waals surface area (Å²) in [6.45, 7) is 2.82. The van der Waals surface area contributed by atoms with E-state index in [9.17, 15) is 10.1 Å². The second-order valence-electron chi connectivity index (χ2n) is 8.58. The minimum absolute atomic E-state index is 0.0758. The lowest BCUT2D eigenvalue weighted by atomic mass is 9.65. The highest BCUT2D eigenvalue weighted by Gasteiger charge is 2.49. The molecule has 4 aromatic rings. The molecule has 0 unspecified atom stereocenters. The summed E-state index contributed by atoms with van der Waals surface area (Å²) in [5.74, 6) is 0.212. The summed E-state index contributed by atoms with van der Waals surface area (Å²) in [5, 5.41) is 22.2. The van der Waals surface area contributed by atoms with Crippen LogP contribution in [0.5, 0.6) is 0 Å². The van der Waals surface area contributed by atoms with Crippen LogP contribution in [-0.2, 0) is 10.3 Å². The molecule has 5 heterocycles. The summed E-state index contributed by atoms with van der Waals surface area (Å²) in [5.41, 5.74) is 3.71. The predicted molar refractivity (Wildman–Crippen MR) is 119 cm³/mol. The van der Waals surface area contributed by atoms with Crippen LogP contribution in [0.15, 0.2) is 46.4 Å². The fourth-order valence-electron chi connectivity index (χ4n) is 4.62. The summed E-state index contributed by atoms with van der Waals surface area (Å²) in [6, 6.07) is 5.69. The van der Waals surface area contributed by atoms with Crippen LogP contribution in [0.25, 0.3) is 28.2 Å². The fraction of sp³-hybridized carbons (Fsp3) is 0.348. The van der Waals surface area contributed by atoms with Crippen LogP contribution in [0, 0.1) is 17.2 Å². The van der Waals surface area contributed by atoms with Gasteiger partial charge in [-0.2, -0.15) is 15.5 Å². The van der Waals surface area contributed by atoms with Crippen molar-refractivity contribution in [2.24, 2.45) is 10.9 Å². The minimum Gasteiger partial charge on any atom is -0.461 e. The first-order valence-corrected chi connectivity index (χ1v) is 11.0. The van der Waals surface area contributed by atoms with Gasteiger partial charge in [0.1, 0.15) is 11.4 Å². The molecule has 6 rings (SSSR count). The Kier molecular flexibility index (Phi) is 4.55. The van der Waals surface area contributed by atoms with E-state index in [1.807, 2.05) is 16.9 Å². The van der Waals surface area contributed by atoms with E-state index in [0.29, 0.717) is 29.5 Å². The number of aliphatic imine (C=N–C) groups is 1. The van der Waals surface area contributed by atoms with Crippen molar-refractivity contribution in [3.05, 3.63) is 42.6 Å². The van der Waals surface area contributed by atoms with Crippen LogP contribution in [0.4, 0.5) is 0 Å². The van der Waals surface area contributed by atoms with Crippen LogP contribution in [0.1, 0.15) is 36.7 Å². The van der Waals surface area contributed by atoms with Gasteiger partial charge < -0.3 is 9.26 Å². The monoisotopic (exact) mass is 456 g/mol. The van der Waals surface area contributed by atoms with Gasteiger partial charge in [-0.3, -0.25) is 9.67 Å². The molecular formula is C23H20N8O3. The molecule has 0 spiro atoms. The Hall–Kier alpha value is -4.33. The van der Waals surface area contributed by atoms with Gasteiger partial charge in [-0.15, -0.1) is 0 Å². The minimum atomic E-state index is -0.557. The number of esters is 1. The topological polar surface area (TPSA) is 136 Å². The molecule has 0 bridgehead atoms. The van der Waals surface area contributed by atoms with Crippen LogP contribution in [0.3, 0.4) is 0 Å². The van der Waals surface area contributed by atoms with Gasteiger partial charge in [0.05, 0.1) is 55.3 Å². The summed E-state index contributed by atoms with van der Waals surface area (Å²) in [4.78, 5) is 21.1. The van der Waals surface area contributed by atoms with E-state index in [4.69, 9.17) is 14.2 Å². The summed E-state index contributed by atoms with van der Waals surface area (Å²) >= 11 is 0. The third-order valence-electron chi connectivity index (χ3n) is 6.45. The SMILES string of the molecule is CCOC(=O)c1cc(-c2cn3nccc3c(-c3cnn(C4(CC#N)CC(C5=NC5)C4)c3)n2)on1. The average molecular weight is 456 g/mol. The van der Waals surface area contributed by atoms with Crippen molar-refractivity contribution < 1.29 is 14.1 Å². The van der Waals surface area contributed by atoms with Gasteiger partial charge in [0.15, 0.2) is 11.5 Å². The Morgan fingerprint density at radius 2 is 2.21 bits per heavy atom. The number of nitriles is 1. The Balaban J connectivity index is 1.36. The van der Waals surface area contributed by atoms with Gasteiger partial charge in [0.25, 0.3) is 0 Å². The molecule has 0 saturated heterocycles. The highest BCUT2D eigenvalue weighted by atomic mass is 16.5. The van der Waals surface area contributed by atoms with Crippen LogP contribution < -0.4 is 0 Å². The maximum Gasteiger partial charge on any atom is 0.360 e. The van der Waals surface area contributed by atoms with E-state index in [-0.39, 0.29) is 17.8 Å². The molecule has 1 fully saturated rings. The lowest BCUT2D eigenvalue weighted by Crippen LogP contribution is -2.48. The Morgan fingerprint density at radius 3 is 2.97 bits per heavy atom. The fourth-order valence-corrected chi connectivity index (χ4v) is 4.62. The van der Waals surface area contributed by atoms with Crippen molar-refractivity contribution in [3.8, 4) is 28.8 Å². The predicted octanol–water partition coefficient (Wildman–Crippen LogP) is 2.90. The van der Waals surface area contributed by atoms with Gasteiger partial charge in [-0.1, -0.05) is 5.16 Å². The highest BCUT2D eigenvalue weighted by molar-refractivity contribution is 5.99. The van der Waals surface area contributed by atoms with Gasteiger partial charge in [0.2, 0.25) is 0 Å². The number of hydrogen-bond donors (Lipinski definition) is 0. The average Bonchev–Trinajstić information content (AvgIpc) is 3.22. The molecule has 11 nitrogen and oxygen atoms in total. The number of rotatable bonds is 7. The smallest absolute Gasteiger partial charge is 0.360 e. The molecule has 0 N–H and O–H groups in total. The van der Waals surface area contributed by atoms with E-state index in [1.54, 1.807) is 30.0 Å². The first kappa shape index (κ1) is 20.3.